The lowest BCUT2D eigenvalue weighted by atomic mass is 9.78. The van der Waals surface area contributed by atoms with E-state index in [0.29, 0.717) is 11.8 Å². The summed E-state index contributed by atoms with van der Waals surface area (Å²) in [7, 11) is 0. The molecule has 1 aliphatic heterocycles. The fraction of sp³-hybridized carbons (Fsp3) is 0.795. The van der Waals surface area contributed by atoms with Crippen molar-refractivity contribution in [3.8, 4) is 0 Å². The Morgan fingerprint density at radius 3 is 1.17 bits per heavy atom. The maximum absolute atomic E-state index is 4.77. The van der Waals surface area contributed by atoms with E-state index >= 15 is 0 Å². The fourth-order valence-electron chi connectivity index (χ4n) is 7.54. The lowest BCUT2D eigenvalue weighted by molar-refractivity contribution is 0.284. The molecule has 1 aromatic rings. The van der Waals surface area contributed by atoms with Crippen LogP contribution in [0.4, 0.5) is 0 Å². The first-order valence-electron chi connectivity index (χ1n) is 20.8. The first-order chi connectivity index (χ1) is 22.8. The monoisotopic (exact) mass is 634 g/mol. The van der Waals surface area contributed by atoms with E-state index in [2.05, 4.69) is 44.2 Å². The van der Waals surface area contributed by atoms with Crippen LogP contribution in [-0.4, -0.2) is 12.4 Å². The van der Waals surface area contributed by atoms with Crippen molar-refractivity contribution in [1.29, 1.82) is 0 Å². The molecule has 2 unspecified atom stereocenters. The molecule has 2 atom stereocenters. The minimum atomic E-state index is 0.495. The Hall–Kier alpha value is -1.57. The maximum atomic E-state index is 4.77. The van der Waals surface area contributed by atoms with Crippen molar-refractivity contribution in [2.75, 3.05) is 0 Å². The van der Waals surface area contributed by atoms with Crippen molar-refractivity contribution in [3.05, 3.63) is 42.1 Å². The highest BCUT2D eigenvalue weighted by Crippen LogP contribution is 2.37. The highest BCUT2D eigenvalue weighted by molar-refractivity contribution is 6.18. The molecule has 1 heterocycles. The summed E-state index contributed by atoms with van der Waals surface area (Å²) >= 11 is 0. The average Bonchev–Trinajstić information content (AvgIpc) is 3.62. The number of hydrogen-bond donors (Lipinski definition) is 0. The number of aliphatic imine (C=N–C) groups is 2. The molecule has 0 amide bonds. The molecular weight excluding hydrogens is 556 g/mol. The number of hydrogen-bond acceptors (Lipinski definition) is 2. The highest BCUT2D eigenvalue weighted by Gasteiger charge is 2.35. The summed E-state index contributed by atoms with van der Waals surface area (Å²) in [6.45, 7) is 4.61. The number of nitrogens with zero attached hydrogens (tertiary/aromatic N) is 2. The van der Waals surface area contributed by atoms with Gasteiger partial charge in [-0.1, -0.05) is 234 Å². The zero-order valence-corrected chi connectivity index (χ0v) is 31.0. The molecule has 1 aliphatic rings. The predicted octanol–water partition coefficient (Wildman–Crippen LogP) is 14.8. The third-order valence-corrected chi connectivity index (χ3v) is 10.5. The Morgan fingerprint density at radius 1 is 0.435 bits per heavy atom. The second-order valence-corrected chi connectivity index (χ2v) is 14.7. The van der Waals surface area contributed by atoms with Gasteiger partial charge in [0.25, 0.3) is 0 Å². The van der Waals surface area contributed by atoms with Gasteiger partial charge < -0.3 is 0 Å². The van der Waals surface area contributed by atoms with E-state index in [1.54, 1.807) is 0 Å². The summed E-state index contributed by atoms with van der Waals surface area (Å²) < 4.78 is 0. The van der Waals surface area contributed by atoms with Crippen LogP contribution in [0.25, 0.3) is 0 Å². The fourth-order valence-corrected chi connectivity index (χ4v) is 7.54. The van der Waals surface area contributed by atoms with Crippen molar-refractivity contribution < 1.29 is 0 Å². The van der Waals surface area contributed by atoms with Gasteiger partial charge in [0.05, 0.1) is 5.92 Å². The van der Waals surface area contributed by atoms with E-state index in [9.17, 15) is 0 Å². The molecule has 2 heteroatoms. The molecule has 2 rings (SSSR count). The Morgan fingerprint density at radius 2 is 0.783 bits per heavy atom. The van der Waals surface area contributed by atoms with Crippen LogP contribution in [0.5, 0.6) is 0 Å². The minimum absolute atomic E-state index is 0.495. The molecule has 262 valence electrons. The molecule has 0 saturated heterocycles. The number of unbranched alkanes of at least 4 members (excludes halogenated alkanes) is 26. The molecule has 0 aromatic heterocycles. The van der Waals surface area contributed by atoms with Gasteiger partial charge in [0.2, 0.25) is 6.17 Å². The highest BCUT2D eigenvalue weighted by atomic mass is 15.0. The second-order valence-electron chi connectivity index (χ2n) is 14.7. The van der Waals surface area contributed by atoms with Gasteiger partial charge >= 0.3 is 0 Å². The summed E-state index contributed by atoms with van der Waals surface area (Å²) in [4.78, 5) is 9.54. The third-order valence-electron chi connectivity index (χ3n) is 10.5. The van der Waals surface area contributed by atoms with Crippen LogP contribution >= 0.6 is 0 Å². The zero-order chi connectivity index (χ0) is 32.6. The summed E-state index contributed by atoms with van der Waals surface area (Å²) in [6.07, 6.45) is 48.5. The molecule has 2 nitrogen and oxygen atoms in total. The first kappa shape index (κ1) is 40.6. The van der Waals surface area contributed by atoms with Crippen molar-refractivity contribution >= 4 is 12.4 Å². The Balaban J connectivity index is 1.64. The first-order valence-corrected chi connectivity index (χ1v) is 20.8. The van der Waals surface area contributed by atoms with Crippen molar-refractivity contribution in [1.82, 2.24) is 0 Å². The second kappa shape index (κ2) is 30.7. The van der Waals surface area contributed by atoms with Crippen molar-refractivity contribution in [3.63, 3.8) is 0 Å². The Bertz CT molecular complexity index is 802. The zero-order valence-electron chi connectivity index (χ0n) is 31.0. The largest absolute Gasteiger partial charge is 0.244 e. The molecule has 1 aromatic carbocycles. The van der Waals surface area contributed by atoms with Crippen LogP contribution in [0.1, 0.15) is 212 Å². The third kappa shape index (κ3) is 22.1. The molecule has 0 aliphatic carbocycles. The Labute approximate surface area is 288 Å². The lowest BCUT2D eigenvalue weighted by Crippen LogP contribution is -2.22. The number of rotatable bonds is 34. The molecule has 0 bridgehead atoms. The van der Waals surface area contributed by atoms with Gasteiger partial charge in [0.15, 0.2) is 12.4 Å². The Kier molecular flexibility index (Phi) is 27.1. The van der Waals surface area contributed by atoms with Crippen molar-refractivity contribution in [2.45, 2.75) is 213 Å². The average molecular weight is 634 g/mol. The van der Waals surface area contributed by atoms with Crippen LogP contribution in [-0.2, 0) is 6.42 Å². The van der Waals surface area contributed by atoms with Gasteiger partial charge in [-0.15, -0.1) is 0 Å². The smallest absolute Gasteiger partial charge is 0.0965 e. The number of benzene rings is 1. The van der Waals surface area contributed by atoms with Gasteiger partial charge in [-0.3, -0.25) is 0 Å². The van der Waals surface area contributed by atoms with Crippen LogP contribution in [0.15, 0.2) is 40.3 Å². The van der Waals surface area contributed by atoms with Crippen LogP contribution in [0.2, 0.25) is 0 Å². The standard InChI is InChI=1S/C44H77N2/c1-3-5-7-9-11-13-15-17-18-20-22-24-26-28-33-37-43(44-45-38-39-46-44)42(40-41-34-30-29-31-35-41)36-32-27-25-23-21-19-16-14-12-10-8-6-4-2/h29-31,34-35,38-39,42-43H,3-28,32-33,36-37,40H2,1-2H3/q+1. The van der Waals surface area contributed by atoms with Gasteiger partial charge in [0, 0.05) is 0 Å². The normalized spacial score (nSPS) is 14.0. The van der Waals surface area contributed by atoms with E-state index in [1.807, 2.05) is 12.4 Å². The van der Waals surface area contributed by atoms with Gasteiger partial charge in [0.1, 0.15) is 0 Å². The van der Waals surface area contributed by atoms with E-state index < -0.39 is 0 Å². The van der Waals surface area contributed by atoms with Gasteiger partial charge in [-0.25, -0.2) is 0 Å². The summed E-state index contributed by atoms with van der Waals surface area (Å²) in [5.74, 6) is 1.14. The topological polar surface area (TPSA) is 24.7 Å². The molecule has 0 saturated carbocycles. The molecule has 46 heavy (non-hydrogen) atoms. The molecular formula is C44H77N2+. The van der Waals surface area contributed by atoms with Crippen molar-refractivity contribution in [2.24, 2.45) is 21.8 Å². The molecule has 0 spiro atoms. The van der Waals surface area contributed by atoms with Gasteiger partial charge in [-0.05, 0) is 30.7 Å². The van der Waals surface area contributed by atoms with Gasteiger partial charge in [-0.2, -0.15) is 0 Å². The quantitative estimate of drug-likeness (QED) is 0.0533. The summed E-state index contributed by atoms with van der Waals surface area (Å²) in [5.41, 5.74) is 1.48. The maximum Gasteiger partial charge on any atom is 0.244 e. The minimum Gasteiger partial charge on any atom is -0.0965 e. The predicted molar refractivity (Wildman–Crippen MR) is 207 cm³/mol. The van der Waals surface area contributed by atoms with E-state index in [1.165, 1.54) is 198 Å². The van der Waals surface area contributed by atoms with E-state index in [4.69, 9.17) is 9.98 Å². The van der Waals surface area contributed by atoms with Crippen LogP contribution in [0, 0.1) is 18.0 Å². The lowest BCUT2D eigenvalue weighted by Gasteiger charge is -2.26. The SMILES string of the molecule is CCCCCCCCCCCCCCCCCC([C+]1N=CC=N1)C(CCCCCCCCCCCCCCC)Cc1ccccc1. The summed E-state index contributed by atoms with van der Waals surface area (Å²) in [5, 5.41) is 0. The molecule has 0 N–H and O–H groups in total. The van der Waals surface area contributed by atoms with E-state index in [0.717, 1.165) is 12.6 Å². The van der Waals surface area contributed by atoms with E-state index in [-0.39, 0.29) is 0 Å². The molecule has 0 radical (unpaired) electrons. The summed E-state index contributed by atoms with van der Waals surface area (Å²) in [6, 6.07) is 11.2. The molecule has 0 fully saturated rings. The van der Waals surface area contributed by atoms with Crippen LogP contribution in [0.3, 0.4) is 0 Å². The van der Waals surface area contributed by atoms with Crippen LogP contribution < -0.4 is 0 Å².